The Labute approximate surface area is 146 Å². The first-order valence-electron chi connectivity index (χ1n) is 7.28. The molecule has 114 valence electrons. The molecule has 3 nitrogen and oxygen atoms in total. The zero-order valence-electron chi connectivity index (χ0n) is 12.3. The molecule has 2 aromatic carbocycles. The van der Waals surface area contributed by atoms with Crippen LogP contribution in [0.1, 0.15) is 18.4 Å². The van der Waals surface area contributed by atoms with Crippen LogP contribution < -0.4 is 5.32 Å². The summed E-state index contributed by atoms with van der Waals surface area (Å²) in [6, 6.07) is 14.2. The number of rotatable bonds is 2. The second-order valence-corrected chi connectivity index (χ2v) is 7.33. The Hall–Kier alpha value is -1.98. The number of carbonyl (C=O) groups is 1. The summed E-state index contributed by atoms with van der Waals surface area (Å²) in [6.45, 7) is 1.93. The lowest BCUT2D eigenvalue weighted by molar-refractivity contribution is -0.116. The highest BCUT2D eigenvalue weighted by Gasteiger charge is 2.26. The Morgan fingerprint density at radius 2 is 1.87 bits per heavy atom. The summed E-state index contributed by atoms with van der Waals surface area (Å²) in [7, 11) is 0. The molecular weight excluding hydrogens is 372 g/mol. The molecule has 0 spiro atoms. The summed E-state index contributed by atoms with van der Waals surface area (Å²) in [5.41, 5.74) is 5.06. The maximum atomic E-state index is 11.8. The van der Waals surface area contributed by atoms with Gasteiger partial charge in [0.25, 0.3) is 0 Å². The van der Waals surface area contributed by atoms with Gasteiger partial charge in [0.1, 0.15) is 5.01 Å². The SMILES string of the molecule is C[C@@H]1C(=O)Nc2ccc(-c3csc(-c4ccc(Br)cc4)n3)cc21. The monoisotopic (exact) mass is 384 g/mol. The van der Waals surface area contributed by atoms with Gasteiger partial charge in [-0.2, -0.15) is 0 Å². The first-order chi connectivity index (χ1) is 11.1. The Bertz CT molecular complexity index is 902. The van der Waals surface area contributed by atoms with E-state index in [1.165, 1.54) is 0 Å². The number of fused-ring (bicyclic) bond motifs is 1. The van der Waals surface area contributed by atoms with E-state index in [9.17, 15) is 4.79 Å². The smallest absolute Gasteiger partial charge is 0.231 e. The fourth-order valence-corrected chi connectivity index (χ4v) is 3.81. The Balaban J connectivity index is 1.70. The second-order valence-electron chi connectivity index (χ2n) is 5.56. The fourth-order valence-electron chi connectivity index (χ4n) is 2.71. The zero-order valence-corrected chi connectivity index (χ0v) is 14.7. The molecule has 0 fully saturated rings. The number of benzene rings is 2. The summed E-state index contributed by atoms with van der Waals surface area (Å²) in [5, 5.41) is 5.96. The van der Waals surface area contributed by atoms with Crippen LogP contribution in [-0.2, 0) is 4.79 Å². The summed E-state index contributed by atoms with van der Waals surface area (Å²) in [6.07, 6.45) is 0. The average molecular weight is 385 g/mol. The molecule has 4 rings (SSSR count). The maximum absolute atomic E-state index is 11.8. The lowest BCUT2D eigenvalue weighted by atomic mass is 9.99. The maximum Gasteiger partial charge on any atom is 0.231 e. The van der Waals surface area contributed by atoms with E-state index in [4.69, 9.17) is 4.98 Å². The van der Waals surface area contributed by atoms with Gasteiger partial charge in [-0.05, 0) is 36.8 Å². The minimum absolute atomic E-state index is 0.0611. The molecule has 2 heterocycles. The van der Waals surface area contributed by atoms with Gasteiger partial charge in [-0.25, -0.2) is 4.98 Å². The number of hydrogen-bond acceptors (Lipinski definition) is 3. The number of amides is 1. The molecule has 3 aromatic rings. The highest BCUT2D eigenvalue weighted by Crippen LogP contribution is 2.36. The third-order valence-electron chi connectivity index (χ3n) is 4.06. The third-order valence-corrected chi connectivity index (χ3v) is 5.48. The van der Waals surface area contributed by atoms with Crippen molar-refractivity contribution in [3.63, 3.8) is 0 Å². The van der Waals surface area contributed by atoms with Crippen molar-refractivity contribution in [3.05, 3.63) is 57.9 Å². The Kier molecular flexibility index (Phi) is 3.54. The topological polar surface area (TPSA) is 42.0 Å². The van der Waals surface area contributed by atoms with E-state index in [1.807, 2.05) is 31.2 Å². The molecule has 5 heteroatoms. The van der Waals surface area contributed by atoms with E-state index in [0.717, 1.165) is 37.6 Å². The zero-order chi connectivity index (χ0) is 16.0. The third kappa shape index (κ3) is 2.60. The van der Waals surface area contributed by atoms with E-state index >= 15 is 0 Å². The molecule has 1 aliphatic heterocycles. The summed E-state index contributed by atoms with van der Waals surface area (Å²) >= 11 is 5.08. The van der Waals surface area contributed by atoms with Gasteiger partial charge in [0.15, 0.2) is 0 Å². The highest BCUT2D eigenvalue weighted by atomic mass is 79.9. The van der Waals surface area contributed by atoms with E-state index in [0.29, 0.717) is 0 Å². The molecule has 0 unspecified atom stereocenters. The minimum Gasteiger partial charge on any atom is -0.325 e. The van der Waals surface area contributed by atoms with Gasteiger partial charge < -0.3 is 5.32 Å². The first kappa shape index (κ1) is 14.6. The molecule has 0 bridgehead atoms. The van der Waals surface area contributed by atoms with Gasteiger partial charge in [0.05, 0.1) is 11.6 Å². The molecule has 0 aliphatic carbocycles. The predicted octanol–water partition coefficient (Wildman–Crippen LogP) is 5.30. The van der Waals surface area contributed by atoms with Crippen LogP contribution in [0.5, 0.6) is 0 Å². The van der Waals surface area contributed by atoms with Gasteiger partial charge in [-0.3, -0.25) is 4.79 Å². The normalized spacial score (nSPS) is 16.3. The van der Waals surface area contributed by atoms with Gasteiger partial charge in [-0.1, -0.05) is 34.1 Å². The molecule has 1 aliphatic rings. The summed E-state index contributed by atoms with van der Waals surface area (Å²) in [5.74, 6) is -0.0412. The first-order valence-corrected chi connectivity index (χ1v) is 8.96. The van der Waals surface area contributed by atoms with Crippen molar-refractivity contribution in [1.29, 1.82) is 0 Å². The van der Waals surface area contributed by atoms with Crippen LogP contribution in [0.3, 0.4) is 0 Å². The second kappa shape index (κ2) is 5.58. The predicted molar refractivity (Wildman–Crippen MR) is 97.7 cm³/mol. The van der Waals surface area contributed by atoms with Crippen LogP contribution in [0.15, 0.2) is 52.3 Å². The largest absolute Gasteiger partial charge is 0.325 e. The lowest BCUT2D eigenvalue weighted by Gasteiger charge is -2.04. The minimum atomic E-state index is -0.102. The molecule has 0 radical (unpaired) electrons. The van der Waals surface area contributed by atoms with Crippen LogP contribution in [0.25, 0.3) is 21.8 Å². The highest BCUT2D eigenvalue weighted by molar-refractivity contribution is 9.10. The summed E-state index contributed by atoms with van der Waals surface area (Å²) < 4.78 is 1.06. The number of hydrogen-bond donors (Lipinski definition) is 1. The number of halogens is 1. The molecule has 0 saturated heterocycles. The molecular formula is C18H13BrN2OS. The van der Waals surface area contributed by atoms with Crippen LogP contribution in [-0.4, -0.2) is 10.9 Å². The number of nitrogens with zero attached hydrogens (tertiary/aromatic N) is 1. The number of nitrogens with one attached hydrogen (secondary N) is 1. The van der Waals surface area contributed by atoms with Crippen LogP contribution >= 0.6 is 27.3 Å². The van der Waals surface area contributed by atoms with Gasteiger partial charge in [0, 0.05) is 26.7 Å². The number of thiazole rings is 1. The number of carbonyl (C=O) groups excluding carboxylic acids is 1. The number of anilines is 1. The lowest BCUT2D eigenvalue weighted by Crippen LogP contribution is -2.08. The molecule has 1 N–H and O–H groups in total. The van der Waals surface area contributed by atoms with Gasteiger partial charge >= 0.3 is 0 Å². The van der Waals surface area contributed by atoms with E-state index in [2.05, 4.69) is 44.8 Å². The molecule has 23 heavy (non-hydrogen) atoms. The van der Waals surface area contributed by atoms with Gasteiger partial charge in [-0.15, -0.1) is 11.3 Å². The van der Waals surface area contributed by atoms with Crippen molar-refractivity contribution in [2.75, 3.05) is 5.32 Å². The number of aromatic nitrogens is 1. The molecule has 1 atom stereocenters. The van der Waals surface area contributed by atoms with Crippen molar-refractivity contribution in [3.8, 4) is 21.8 Å². The molecule has 1 aromatic heterocycles. The van der Waals surface area contributed by atoms with Crippen molar-refractivity contribution in [2.24, 2.45) is 0 Å². The Morgan fingerprint density at radius 3 is 2.65 bits per heavy atom. The Morgan fingerprint density at radius 1 is 1.13 bits per heavy atom. The summed E-state index contributed by atoms with van der Waals surface area (Å²) in [4.78, 5) is 16.5. The van der Waals surface area contributed by atoms with Crippen molar-refractivity contribution in [2.45, 2.75) is 12.8 Å². The van der Waals surface area contributed by atoms with E-state index in [-0.39, 0.29) is 11.8 Å². The quantitative estimate of drug-likeness (QED) is 0.651. The van der Waals surface area contributed by atoms with E-state index < -0.39 is 0 Å². The van der Waals surface area contributed by atoms with Crippen LogP contribution in [0.4, 0.5) is 5.69 Å². The van der Waals surface area contributed by atoms with Gasteiger partial charge in [0.2, 0.25) is 5.91 Å². The average Bonchev–Trinajstić information content (AvgIpc) is 3.14. The standard InChI is InChI=1S/C18H13BrN2OS/c1-10-14-8-12(4-7-15(14)20-17(10)22)16-9-23-18(21-16)11-2-5-13(19)6-3-11/h2-10H,1H3,(H,20,22)/t10-/m0/s1. The van der Waals surface area contributed by atoms with E-state index in [1.54, 1.807) is 11.3 Å². The molecule has 0 saturated carbocycles. The van der Waals surface area contributed by atoms with Crippen LogP contribution in [0, 0.1) is 0 Å². The van der Waals surface area contributed by atoms with Crippen molar-refractivity contribution >= 4 is 38.9 Å². The van der Waals surface area contributed by atoms with Crippen LogP contribution in [0.2, 0.25) is 0 Å². The van der Waals surface area contributed by atoms with Crippen molar-refractivity contribution in [1.82, 2.24) is 4.98 Å². The molecule has 1 amide bonds. The fraction of sp³-hybridized carbons (Fsp3) is 0.111. The van der Waals surface area contributed by atoms with Crippen molar-refractivity contribution < 1.29 is 4.79 Å².